The summed E-state index contributed by atoms with van der Waals surface area (Å²) >= 11 is 1.45. The number of amides is 1. The molecule has 0 unspecified atom stereocenters. The molecule has 0 bridgehead atoms. The van der Waals surface area contributed by atoms with Crippen LogP contribution in [-0.2, 0) is 10.5 Å². The lowest BCUT2D eigenvalue weighted by molar-refractivity contribution is -0.113. The van der Waals surface area contributed by atoms with Gasteiger partial charge in [-0.1, -0.05) is 36.4 Å². The normalized spacial score (nSPS) is 12.0. The van der Waals surface area contributed by atoms with Crippen LogP contribution in [0.3, 0.4) is 0 Å². The van der Waals surface area contributed by atoms with Gasteiger partial charge in [-0.05, 0) is 35.9 Å². The van der Waals surface area contributed by atoms with Crippen LogP contribution in [0.4, 0.5) is 5.69 Å². The molecule has 1 N–H and O–H groups in total. The summed E-state index contributed by atoms with van der Waals surface area (Å²) in [4.78, 5) is 37.7. The minimum atomic E-state index is -0.216. The van der Waals surface area contributed by atoms with Crippen molar-refractivity contribution in [2.24, 2.45) is 0 Å². The summed E-state index contributed by atoms with van der Waals surface area (Å²) in [6, 6.07) is 20.9. The van der Waals surface area contributed by atoms with E-state index in [9.17, 15) is 14.4 Å². The van der Waals surface area contributed by atoms with Gasteiger partial charge in [0.2, 0.25) is 5.91 Å². The molecule has 0 radical (unpaired) electrons. The summed E-state index contributed by atoms with van der Waals surface area (Å²) in [5.41, 5.74) is 3.57. The van der Waals surface area contributed by atoms with Crippen LogP contribution in [-0.4, -0.2) is 23.2 Å². The van der Waals surface area contributed by atoms with E-state index in [-0.39, 0.29) is 23.2 Å². The number of benzene rings is 3. The van der Waals surface area contributed by atoms with Crippen molar-refractivity contribution < 1.29 is 14.4 Å². The van der Waals surface area contributed by atoms with Crippen LogP contribution in [0.25, 0.3) is 0 Å². The molecule has 3 aromatic rings. The van der Waals surface area contributed by atoms with Crippen molar-refractivity contribution in [2.45, 2.75) is 5.75 Å². The van der Waals surface area contributed by atoms with E-state index in [0.717, 1.165) is 5.56 Å². The fourth-order valence-electron chi connectivity index (χ4n) is 3.31. The Bertz CT molecular complexity index is 1210. The van der Waals surface area contributed by atoms with E-state index in [1.807, 2.05) is 12.1 Å². The quantitative estimate of drug-likeness (QED) is 0.531. The van der Waals surface area contributed by atoms with Gasteiger partial charge in [0.1, 0.15) is 0 Å². The molecule has 0 fully saturated rings. The predicted molar refractivity (Wildman–Crippen MR) is 116 cm³/mol. The summed E-state index contributed by atoms with van der Waals surface area (Å²) in [6.45, 7) is 0. The molecule has 1 amide bonds. The topological polar surface area (TPSA) is 87.0 Å². The zero-order valence-corrected chi connectivity index (χ0v) is 16.7. The maximum absolute atomic E-state index is 12.8. The molecule has 0 heterocycles. The molecule has 0 spiro atoms. The van der Waals surface area contributed by atoms with E-state index >= 15 is 0 Å². The Labute approximate surface area is 177 Å². The van der Waals surface area contributed by atoms with Gasteiger partial charge in [-0.2, -0.15) is 5.26 Å². The number of nitrogens with one attached hydrogen (secondary N) is 1. The van der Waals surface area contributed by atoms with E-state index in [1.54, 1.807) is 54.6 Å². The van der Waals surface area contributed by atoms with Gasteiger partial charge >= 0.3 is 0 Å². The van der Waals surface area contributed by atoms with Gasteiger partial charge in [-0.25, -0.2) is 0 Å². The second kappa shape index (κ2) is 8.36. The molecule has 3 aromatic carbocycles. The second-order valence-electron chi connectivity index (χ2n) is 6.81. The smallest absolute Gasteiger partial charge is 0.234 e. The van der Waals surface area contributed by atoms with Gasteiger partial charge < -0.3 is 5.32 Å². The van der Waals surface area contributed by atoms with E-state index in [1.165, 1.54) is 11.8 Å². The number of hydrogen-bond acceptors (Lipinski definition) is 5. The predicted octanol–water partition coefficient (Wildman–Crippen LogP) is 4.21. The molecule has 1 aliphatic rings. The van der Waals surface area contributed by atoms with Gasteiger partial charge in [0.15, 0.2) is 11.6 Å². The molecule has 4 rings (SSSR count). The summed E-state index contributed by atoms with van der Waals surface area (Å²) in [6.07, 6.45) is 0. The molecule has 30 heavy (non-hydrogen) atoms. The standard InChI is InChI=1S/C24H16N2O3S/c25-12-15-5-7-16(8-6-15)13-30-14-22(27)26-17-9-10-20-21(11-17)24(29)19-4-2-1-3-18(19)23(20)28/h1-11H,13-14H2,(H,26,27). The van der Waals surface area contributed by atoms with Gasteiger partial charge in [0.25, 0.3) is 0 Å². The van der Waals surface area contributed by atoms with Crippen LogP contribution in [0.2, 0.25) is 0 Å². The van der Waals surface area contributed by atoms with Gasteiger partial charge in [0.05, 0.1) is 17.4 Å². The van der Waals surface area contributed by atoms with Crippen molar-refractivity contribution in [1.82, 2.24) is 0 Å². The van der Waals surface area contributed by atoms with Crippen molar-refractivity contribution in [3.63, 3.8) is 0 Å². The Morgan fingerprint density at radius 2 is 1.50 bits per heavy atom. The molecule has 0 atom stereocenters. The fraction of sp³-hybridized carbons (Fsp3) is 0.0833. The number of carbonyl (C=O) groups excluding carboxylic acids is 3. The van der Waals surface area contributed by atoms with Gasteiger partial charge in [-0.15, -0.1) is 11.8 Å². The number of thioether (sulfide) groups is 1. The zero-order valence-electron chi connectivity index (χ0n) is 15.8. The highest BCUT2D eigenvalue weighted by molar-refractivity contribution is 7.99. The molecule has 1 aliphatic carbocycles. The van der Waals surface area contributed by atoms with E-state index in [0.29, 0.717) is 39.3 Å². The number of ketones is 2. The van der Waals surface area contributed by atoms with Crippen molar-refractivity contribution >= 4 is 34.9 Å². The largest absolute Gasteiger partial charge is 0.325 e. The molecular weight excluding hydrogens is 396 g/mol. The number of nitriles is 1. The minimum Gasteiger partial charge on any atom is -0.325 e. The van der Waals surface area contributed by atoms with Crippen LogP contribution < -0.4 is 5.32 Å². The molecule has 6 heteroatoms. The zero-order chi connectivity index (χ0) is 21.1. The number of rotatable bonds is 5. The minimum absolute atomic E-state index is 0.184. The van der Waals surface area contributed by atoms with Crippen LogP contribution in [0, 0.1) is 11.3 Å². The van der Waals surface area contributed by atoms with E-state index < -0.39 is 0 Å². The second-order valence-corrected chi connectivity index (χ2v) is 7.80. The first kappa shape index (κ1) is 19.6. The maximum atomic E-state index is 12.8. The molecule has 5 nitrogen and oxygen atoms in total. The molecule has 0 saturated heterocycles. The average molecular weight is 412 g/mol. The lowest BCUT2D eigenvalue weighted by atomic mass is 9.84. The SMILES string of the molecule is N#Cc1ccc(CSCC(=O)Nc2ccc3c(c2)C(=O)c2ccccc2C3=O)cc1. The Morgan fingerprint density at radius 1 is 0.867 bits per heavy atom. The average Bonchev–Trinajstić information content (AvgIpc) is 2.78. The lowest BCUT2D eigenvalue weighted by Crippen LogP contribution is -2.21. The summed E-state index contributed by atoms with van der Waals surface area (Å²) in [5, 5.41) is 11.6. The molecule has 146 valence electrons. The summed E-state index contributed by atoms with van der Waals surface area (Å²) in [5.74, 6) is 0.297. The highest BCUT2D eigenvalue weighted by atomic mass is 32.2. The number of carbonyl (C=O) groups is 3. The first-order valence-electron chi connectivity index (χ1n) is 9.26. The van der Waals surface area contributed by atoms with E-state index in [4.69, 9.17) is 5.26 Å². The molecule has 0 aliphatic heterocycles. The third kappa shape index (κ3) is 3.88. The Balaban J connectivity index is 1.40. The van der Waals surface area contributed by atoms with Crippen LogP contribution >= 0.6 is 11.8 Å². The van der Waals surface area contributed by atoms with Crippen LogP contribution in [0.5, 0.6) is 0 Å². The molecular formula is C24H16N2O3S. The summed E-state index contributed by atoms with van der Waals surface area (Å²) < 4.78 is 0. The molecule has 0 aromatic heterocycles. The van der Waals surface area contributed by atoms with E-state index in [2.05, 4.69) is 11.4 Å². The van der Waals surface area contributed by atoms with Crippen molar-refractivity contribution in [1.29, 1.82) is 5.26 Å². The van der Waals surface area contributed by atoms with Crippen molar-refractivity contribution in [3.05, 3.63) is 100 Å². The summed E-state index contributed by atoms with van der Waals surface area (Å²) in [7, 11) is 0. The van der Waals surface area contributed by atoms with Gasteiger partial charge in [0, 0.05) is 33.7 Å². The highest BCUT2D eigenvalue weighted by Crippen LogP contribution is 2.29. The first-order chi connectivity index (χ1) is 14.6. The Kier molecular flexibility index (Phi) is 5.46. The number of anilines is 1. The van der Waals surface area contributed by atoms with Crippen molar-refractivity contribution in [2.75, 3.05) is 11.1 Å². The third-order valence-corrected chi connectivity index (χ3v) is 5.80. The fourth-order valence-corrected chi connectivity index (χ4v) is 4.10. The highest BCUT2D eigenvalue weighted by Gasteiger charge is 2.29. The van der Waals surface area contributed by atoms with Crippen LogP contribution in [0.15, 0.2) is 66.7 Å². The monoisotopic (exact) mass is 412 g/mol. The van der Waals surface area contributed by atoms with Crippen molar-refractivity contribution in [3.8, 4) is 6.07 Å². The molecule has 0 saturated carbocycles. The number of hydrogen-bond donors (Lipinski definition) is 1. The lowest BCUT2D eigenvalue weighted by Gasteiger charge is -2.18. The van der Waals surface area contributed by atoms with Crippen LogP contribution in [0.1, 0.15) is 43.0 Å². The number of nitrogens with zero attached hydrogens (tertiary/aromatic N) is 1. The van der Waals surface area contributed by atoms with Gasteiger partial charge in [-0.3, -0.25) is 14.4 Å². The first-order valence-corrected chi connectivity index (χ1v) is 10.4. The Morgan fingerprint density at radius 3 is 2.17 bits per heavy atom. The Hall–Kier alpha value is -3.69. The third-order valence-electron chi connectivity index (χ3n) is 4.79. The maximum Gasteiger partial charge on any atom is 0.234 e. The number of fused-ring (bicyclic) bond motifs is 2.